The van der Waals surface area contributed by atoms with Gasteiger partial charge in [-0.05, 0) is 39.5 Å². The molecule has 1 atom stereocenters. The van der Waals surface area contributed by atoms with Gasteiger partial charge in [-0.15, -0.1) is 0 Å². The number of carbonyl (C=O) groups excluding carboxylic acids is 1. The van der Waals surface area contributed by atoms with Crippen molar-refractivity contribution in [1.82, 2.24) is 55.0 Å². The molecule has 14 nitrogen and oxygen atoms in total. The van der Waals surface area contributed by atoms with Gasteiger partial charge in [-0.1, -0.05) is 0 Å². The number of aryl methyl sites for hydroxylation is 1. The topological polar surface area (TPSA) is 166 Å². The predicted octanol–water partition coefficient (Wildman–Crippen LogP) is 4.61. The summed E-state index contributed by atoms with van der Waals surface area (Å²) in [6.45, 7) is 3.67. The van der Waals surface area contributed by atoms with Gasteiger partial charge in [-0.25, -0.2) is 37.5 Å². The monoisotopic (exact) mass is 650 g/mol. The number of amides is 1. The highest BCUT2D eigenvalue weighted by Crippen LogP contribution is 2.46. The Morgan fingerprint density at radius 1 is 1.11 bits per heavy atom. The summed E-state index contributed by atoms with van der Waals surface area (Å²) in [5.74, 6) is -1.69. The lowest BCUT2D eigenvalue weighted by Crippen LogP contribution is -2.51. The van der Waals surface area contributed by atoms with Crippen LogP contribution in [0, 0.1) is 12.7 Å². The first-order chi connectivity index (χ1) is 22.5. The van der Waals surface area contributed by atoms with Crippen LogP contribution in [0.25, 0.3) is 16.9 Å². The lowest BCUT2D eigenvalue weighted by Gasteiger charge is -2.38. The van der Waals surface area contributed by atoms with Crippen molar-refractivity contribution < 1.29 is 22.7 Å². The zero-order valence-corrected chi connectivity index (χ0v) is 25.9. The molecule has 47 heavy (non-hydrogen) atoms. The number of hydrogen-bond acceptors (Lipinski definition) is 10. The lowest BCUT2D eigenvalue weighted by atomic mass is 9.77. The summed E-state index contributed by atoms with van der Waals surface area (Å²) >= 11 is 0. The number of aromatic amines is 1. The van der Waals surface area contributed by atoms with Crippen molar-refractivity contribution in [3.8, 4) is 5.82 Å². The number of nitrogens with zero attached hydrogens (tertiary/aromatic N) is 9. The summed E-state index contributed by atoms with van der Waals surface area (Å²) < 4.78 is 49.6. The van der Waals surface area contributed by atoms with E-state index in [2.05, 4.69) is 41.0 Å². The average Bonchev–Trinajstić information content (AvgIpc) is 3.79. The molecule has 0 radical (unpaired) electrons. The number of fused-ring (bicyclic) bond motifs is 1. The van der Waals surface area contributed by atoms with Gasteiger partial charge in [0.05, 0.1) is 54.1 Å². The van der Waals surface area contributed by atoms with E-state index < -0.39 is 29.4 Å². The summed E-state index contributed by atoms with van der Waals surface area (Å²) in [4.78, 5) is 32.0. The number of aromatic nitrogens is 10. The van der Waals surface area contributed by atoms with Crippen LogP contribution in [-0.4, -0.2) is 74.2 Å². The first kappa shape index (κ1) is 30.7. The molecule has 0 aliphatic heterocycles. The second-order valence-electron chi connectivity index (χ2n) is 12.3. The average molecular weight is 651 g/mol. The van der Waals surface area contributed by atoms with Crippen LogP contribution in [0.15, 0.2) is 37.1 Å². The van der Waals surface area contributed by atoms with Gasteiger partial charge in [-0.2, -0.15) is 15.3 Å². The number of alkyl halides is 2. The molecular weight excluding hydrogens is 617 g/mol. The van der Waals surface area contributed by atoms with Gasteiger partial charge in [0, 0.05) is 37.6 Å². The van der Waals surface area contributed by atoms with Crippen LogP contribution in [0.3, 0.4) is 0 Å². The quantitative estimate of drug-likeness (QED) is 0.205. The standard InChI is InChI=1S/C30H33F3N12O2/c1-16-8-23(43-42-16)39-26-21-12-37-45(20-9-30(32,33)10-20)27(21)41-25(40-26)18-4-6-29(47-3,7-5-18)28(46)38-17(2)22-13-35-24(14-34-22)44-15-19(31)11-36-44/h8,11-15,17-18,20H,4-7,9-10H2,1-3H3,(H,38,46)(H2,39,40,41,42,43)/t17-,18?,29?/m0/s1. The number of carbonyl (C=O) groups is 1. The maximum Gasteiger partial charge on any atom is 0.252 e. The molecular formula is C30H33F3N12O2. The molecule has 246 valence electrons. The molecule has 17 heteroatoms. The maximum absolute atomic E-state index is 13.8. The second kappa shape index (κ2) is 11.7. The molecule has 0 aromatic carbocycles. The van der Waals surface area contributed by atoms with Crippen LogP contribution in [0.1, 0.15) is 80.7 Å². The SMILES string of the molecule is COC1(C(=O)N[C@@H](C)c2cnc(-n3cc(F)cn3)cn2)CCC(c2nc(Nc3cc(C)[nH]n3)c3cnn(C4CC(F)(F)C4)c3n2)CC1. The Morgan fingerprint density at radius 3 is 2.51 bits per heavy atom. The normalized spacial score (nSPS) is 21.8. The van der Waals surface area contributed by atoms with Gasteiger partial charge in [0.1, 0.15) is 17.2 Å². The van der Waals surface area contributed by atoms with E-state index in [1.807, 2.05) is 13.0 Å². The Hall–Kier alpha value is -4.93. The van der Waals surface area contributed by atoms with E-state index in [9.17, 15) is 18.0 Å². The minimum Gasteiger partial charge on any atom is -0.368 e. The van der Waals surface area contributed by atoms with Gasteiger partial charge in [0.25, 0.3) is 11.8 Å². The fourth-order valence-electron chi connectivity index (χ4n) is 6.26. The molecule has 1 amide bonds. The number of rotatable bonds is 9. The molecule has 0 saturated heterocycles. The Morgan fingerprint density at radius 2 is 1.89 bits per heavy atom. The summed E-state index contributed by atoms with van der Waals surface area (Å²) in [6.07, 6.45) is 8.14. The number of halogens is 3. The van der Waals surface area contributed by atoms with Gasteiger partial charge in [-0.3, -0.25) is 14.9 Å². The molecule has 2 aliphatic carbocycles. The zero-order valence-electron chi connectivity index (χ0n) is 25.9. The highest BCUT2D eigenvalue weighted by molar-refractivity contribution is 5.88. The first-order valence-electron chi connectivity index (χ1n) is 15.3. The summed E-state index contributed by atoms with van der Waals surface area (Å²) in [7, 11) is 1.52. The fraction of sp³-hybridized carbons (Fsp3) is 0.467. The van der Waals surface area contributed by atoms with Crippen molar-refractivity contribution in [2.24, 2.45) is 0 Å². The van der Waals surface area contributed by atoms with Crippen LogP contribution >= 0.6 is 0 Å². The number of H-pyrrole nitrogens is 1. The number of anilines is 2. The number of hydrogen-bond donors (Lipinski definition) is 3. The second-order valence-corrected chi connectivity index (χ2v) is 12.3. The van der Waals surface area contributed by atoms with Crippen molar-refractivity contribution in [3.05, 3.63) is 60.1 Å². The fourth-order valence-corrected chi connectivity index (χ4v) is 6.26. The highest BCUT2D eigenvalue weighted by atomic mass is 19.3. The summed E-state index contributed by atoms with van der Waals surface area (Å²) in [5.41, 5.74) is 0.771. The van der Waals surface area contributed by atoms with Crippen molar-refractivity contribution >= 4 is 28.6 Å². The van der Waals surface area contributed by atoms with Gasteiger partial charge >= 0.3 is 0 Å². The van der Waals surface area contributed by atoms with E-state index in [1.165, 1.54) is 30.4 Å². The maximum atomic E-state index is 13.8. The number of nitrogens with one attached hydrogen (secondary N) is 3. The number of methoxy groups -OCH3 is 1. The van der Waals surface area contributed by atoms with Crippen molar-refractivity contribution in [2.75, 3.05) is 12.4 Å². The van der Waals surface area contributed by atoms with Crippen LogP contribution in [-0.2, 0) is 9.53 Å². The van der Waals surface area contributed by atoms with E-state index in [4.69, 9.17) is 14.7 Å². The molecule has 7 rings (SSSR count). The minimum atomic E-state index is -2.71. The van der Waals surface area contributed by atoms with Crippen LogP contribution in [0.4, 0.5) is 24.8 Å². The van der Waals surface area contributed by atoms with E-state index in [1.54, 1.807) is 17.8 Å². The van der Waals surface area contributed by atoms with Gasteiger partial charge in [0.2, 0.25) is 0 Å². The Balaban J connectivity index is 1.08. The van der Waals surface area contributed by atoms with E-state index in [-0.39, 0.29) is 24.7 Å². The molecule has 0 bridgehead atoms. The van der Waals surface area contributed by atoms with Crippen LogP contribution in [0.5, 0.6) is 0 Å². The highest BCUT2D eigenvalue weighted by Gasteiger charge is 2.48. The van der Waals surface area contributed by atoms with Crippen molar-refractivity contribution in [3.63, 3.8) is 0 Å². The molecule has 2 saturated carbocycles. The summed E-state index contributed by atoms with van der Waals surface area (Å²) in [6, 6.07) is 0.892. The van der Waals surface area contributed by atoms with E-state index in [0.29, 0.717) is 65.7 Å². The van der Waals surface area contributed by atoms with Crippen molar-refractivity contribution in [1.29, 1.82) is 0 Å². The minimum absolute atomic E-state index is 0.119. The summed E-state index contributed by atoms with van der Waals surface area (Å²) in [5, 5.41) is 22.3. The molecule has 5 aromatic heterocycles. The third-order valence-corrected chi connectivity index (χ3v) is 9.04. The first-order valence-corrected chi connectivity index (χ1v) is 15.3. The number of ether oxygens (including phenoxy) is 1. The molecule has 3 N–H and O–H groups in total. The van der Waals surface area contributed by atoms with Crippen LogP contribution in [0.2, 0.25) is 0 Å². The molecule has 5 heterocycles. The largest absolute Gasteiger partial charge is 0.368 e. The van der Waals surface area contributed by atoms with E-state index in [0.717, 1.165) is 11.9 Å². The zero-order chi connectivity index (χ0) is 32.9. The Kier molecular flexibility index (Phi) is 7.65. The van der Waals surface area contributed by atoms with Crippen molar-refractivity contribution in [2.45, 2.75) is 81.9 Å². The third-order valence-electron chi connectivity index (χ3n) is 9.04. The predicted molar refractivity (Wildman–Crippen MR) is 162 cm³/mol. The molecule has 2 aliphatic rings. The molecule has 0 spiro atoms. The van der Waals surface area contributed by atoms with Gasteiger partial charge in [0.15, 0.2) is 23.1 Å². The molecule has 2 fully saturated rings. The Labute approximate surface area is 266 Å². The smallest absolute Gasteiger partial charge is 0.252 e. The lowest BCUT2D eigenvalue weighted by molar-refractivity contribution is -0.148. The Bertz CT molecular complexity index is 1900. The van der Waals surface area contributed by atoms with Crippen LogP contribution < -0.4 is 10.6 Å². The van der Waals surface area contributed by atoms with E-state index >= 15 is 0 Å². The molecule has 5 aromatic rings. The van der Waals surface area contributed by atoms with Gasteiger partial charge < -0.3 is 15.4 Å². The molecule has 0 unspecified atom stereocenters. The third kappa shape index (κ3) is 5.90.